The second kappa shape index (κ2) is 13.1. The lowest BCUT2D eigenvalue weighted by Crippen LogP contribution is -2.32. The Morgan fingerprint density at radius 3 is 2.17 bits per heavy atom. The SMILES string of the molecule is Cc1nc(NC(=O)c2ccc(C(=O)Nc3ccc(CNC(=O)OC(C)(C)C)cc3)cc2)cnc1C1=CCN(C=O)CC1. The zero-order chi connectivity index (χ0) is 30.3. The van der Waals surface area contributed by atoms with Crippen LogP contribution in [0.15, 0.2) is 60.8 Å². The molecule has 1 aliphatic heterocycles. The summed E-state index contributed by atoms with van der Waals surface area (Å²) in [6.07, 6.45) is 4.50. The van der Waals surface area contributed by atoms with Crippen LogP contribution < -0.4 is 16.0 Å². The van der Waals surface area contributed by atoms with Crippen LogP contribution in [0.2, 0.25) is 0 Å². The molecule has 0 spiro atoms. The van der Waals surface area contributed by atoms with Crippen molar-refractivity contribution in [3.8, 4) is 0 Å². The van der Waals surface area contributed by atoms with Gasteiger partial charge in [-0.05, 0) is 81.7 Å². The number of nitrogens with one attached hydrogen (secondary N) is 3. The maximum absolute atomic E-state index is 12.8. The van der Waals surface area contributed by atoms with E-state index in [1.807, 2.05) is 13.0 Å². The van der Waals surface area contributed by atoms with Gasteiger partial charge in [0, 0.05) is 36.4 Å². The Kier molecular flexibility index (Phi) is 9.31. The number of nitrogens with zero attached hydrogens (tertiary/aromatic N) is 3. The van der Waals surface area contributed by atoms with E-state index in [4.69, 9.17) is 4.74 Å². The summed E-state index contributed by atoms with van der Waals surface area (Å²) in [6.45, 7) is 8.67. The molecule has 42 heavy (non-hydrogen) atoms. The van der Waals surface area contributed by atoms with E-state index in [0.29, 0.717) is 54.4 Å². The van der Waals surface area contributed by atoms with Gasteiger partial charge in [0.05, 0.1) is 17.6 Å². The molecule has 1 aromatic heterocycles. The molecule has 0 unspecified atom stereocenters. The predicted octanol–water partition coefficient (Wildman–Crippen LogP) is 4.56. The molecule has 2 aromatic carbocycles. The van der Waals surface area contributed by atoms with Gasteiger partial charge in [-0.15, -0.1) is 0 Å². The highest BCUT2D eigenvalue weighted by atomic mass is 16.6. The van der Waals surface area contributed by atoms with E-state index >= 15 is 0 Å². The van der Waals surface area contributed by atoms with Crippen LogP contribution in [0.3, 0.4) is 0 Å². The van der Waals surface area contributed by atoms with Crippen molar-refractivity contribution >= 4 is 41.4 Å². The highest BCUT2D eigenvalue weighted by molar-refractivity contribution is 6.07. The van der Waals surface area contributed by atoms with Gasteiger partial charge in [-0.25, -0.2) is 9.78 Å². The largest absolute Gasteiger partial charge is 0.444 e. The molecular weight excluding hydrogens is 536 g/mol. The third-order valence-corrected chi connectivity index (χ3v) is 6.34. The van der Waals surface area contributed by atoms with Crippen molar-refractivity contribution in [2.75, 3.05) is 23.7 Å². The van der Waals surface area contributed by atoms with Crippen LogP contribution >= 0.6 is 0 Å². The minimum absolute atomic E-state index is 0.293. The first-order valence-corrected chi connectivity index (χ1v) is 13.5. The number of aromatic nitrogens is 2. The summed E-state index contributed by atoms with van der Waals surface area (Å²) in [5.41, 5.74) is 4.06. The number of benzene rings is 2. The van der Waals surface area contributed by atoms with Gasteiger partial charge in [-0.1, -0.05) is 18.2 Å². The number of amides is 4. The fourth-order valence-corrected chi connectivity index (χ4v) is 4.21. The van der Waals surface area contributed by atoms with E-state index in [1.165, 1.54) is 6.20 Å². The fraction of sp³-hybridized carbons (Fsp3) is 0.290. The number of ether oxygens (including phenoxy) is 1. The molecule has 2 heterocycles. The Morgan fingerprint density at radius 1 is 0.976 bits per heavy atom. The standard InChI is InChI=1S/C31H34N6O5/c1-20-27(22-13-15-37(19-38)16-14-22)32-18-26(34-20)36-29(40)24-9-7-23(8-10-24)28(39)35-25-11-5-21(6-12-25)17-33-30(41)42-31(2,3)4/h5-13,18-19H,14-17H2,1-4H3,(H,33,41)(H,35,39)(H,34,36,40). The summed E-state index contributed by atoms with van der Waals surface area (Å²) < 4.78 is 5.22. The molecule has 4 amide bonds. The van der Waals surface area contributed by atoms with Crippen molar-refractivity contribution in [2.24, 2.45) is 0 Å². The van der Waals surface area contributed by atoms with Crippen LogP contribution in [-0.4, -0.2) is 57.9 Å². The maximum atomic E-state index is 12.8. The van der Waals surface area contributed by atoms with Crippen LogP contribution in [0, 0.1) is 6.92 Å². The molecule has 0 atom stereocenters. The second-order valence-electron chi connectivity index (χ2n) is 10.8. The van der Waals surface area contributed by atoms with Crippen molar-refractivity contribution in [2.45, 2.75) is 46.3 Å². The Hall–Kier alpha value is -5.06. The number of rotatable bonds is 8. The van der Waals surface area contributed by atoms with Crippen molar-refractivity contribution in [3.05, 3.63) is 88.9 Å². The van der Waals surface area contributed by atoms with Gasteiger partial charge >= 0.3 is 6.09 Å². The van der Waals surface area contributed by atoms with Gasteiger partial charge in [-0.2, -0.15) is 0 Å². The Bertz CT molecular complexity index is 1490. The highest BCUT2D eigenvalue weighted by Gasteiger charge is 2.17. The molecule has 0 radical (unpaired) electrons. The Labute approximate surface area is 244 Å². The van der Waals surface area contributed by atoms with E-state index in [2.05, 4.69) is 25.9 Å². The van der Waals surface area contributed by atoms with Gasteiger partial charge in [0.2, 0.25) is 6.41 Å². The molecule has 1 aliphatic rings. The molecule has 0 bridgehead atoms. The van der Waals surface area contributed by atoms with E-state index in [9.17, 15) is 19.2 Å². The monoisotopic (exact) mass is 570 g/mol. The minimum Gasteiger partial charge on any atom is -0.444 e. The Balaban J connectivity index is 1.30. The number of hydrogen-bond acceptors (Lipinski definition) is 7. The zero-order valence-corrected chi connectivity index (χ0v) is 24.1. The molecule has 0 saturated carbocycles. The first kappa shape index (κ1) is 29.9. The van der Waals surface area contributed by atoms with E-state index in [0.717, 1.165) is 23.2 Å². The molecule has 3 aromatic rings. The van der Waals surface area contributed by atoms with Gasteiger partial charge in [0.1, 0.15) is 5.60 Å². The van der Waals surface area contributed by atoms with E-state index < -0.39 is 11.7 Å². The summed E-state index contributed by atoms with van der Waals surface area (Å²) >= 11 is 0. The fourth-order valence-electron chi connectivity index (χ4n) is 4.21. The van der Waals surface area contributed by atoms with Crippen LogP contribution in [0.4, 0.5) is 16.3 Å². The minimum atomic E-state index is -0.573. The number of carbonyl (C=O) groups is 4. The summed E-state index contributed by atoms with van der Waals surface area (Å²) in [5, 5.41) is 8.26. The van der Waals surface area contributed by atoms with Crippen LogP contribution in [0.25, 0.3) is 5.57 Å². The second-order valence-corrected chi connectivity index (χ2v) is 10.8. The molecule has 3 N–H and O–H groups in total. The van der Waals surface area contributed by atoms with Crippen LogP contribution in [0.1, 0.15) is 64.9 Å². The number of aryl methyl sites for hydroxylation is 1. The molecule has 0 fully saturated rings. The molecule has 218 valence electrons. The molecular formula is C31H34N6O5. The number of alkyl carbamates (subject to hydrolysis) is 1. The van der Waals surface area contributed by atoms with Crippen molar-refractivity contribution in [1.82, 2.24) is 20.2 Å². The smallest absolute Gasteiger partial charge is 0.407 e. The third kappa shape index (κ3) is 8.23. The Morgan fingerprint density at radius 2 is 1.62 bits per heavy atom. The third-order valence-electron chi connectivity index (χ3n) is 6.34. The summed E-state index contributed by atoms with van der Waals surface area (Å²) in [5.74, 6) is -0.386. The normalized spacial score (nSPS) is 13.0. The molecule has 0 aliphatic carbocycles. The molecule has 11 heteroatoms. The number of hydrogen-bond donors (Lipinski definition) is 3. The van der Waals surface area contributed by atoms with Crippen LogP contribution in [-0.2, 0) is 16.1 Å². The average molecular weight is 571 g/mol. The van der Waals surface area contributed by atoms with Gasteiger partial charge in [0.15, 0.2) is 5.82 Å². The van der Waals surface area contributed by atoms with Gasteiger partial charge in [-0.3, -0.25) is 19.4 Å². The molecule has 4 rings (SSSR count). The zero-order valence-electron chi connectivity index (χ0n) is 24.1. The quantitative estimate of drug-likeness (QED) is 0.337. The maximum Gasteiger partial charge on any atom is 0.407 e. The van der Waals surface area contributed by atoms with Crippen LogP contribution in [0.5, 0.6) is 0 Å². The lowest BCUT2D eigenvalue weighted by atomic mass is 10.0. The van der Waals surface area contributed by atoms with Crippen molar-refractivity contribution in [3.63, 3.8) is 0 Å². The predicted molar refractivity (Wildman–Crippen MR) is 159 cm³/mol. The van der Waals surface area contributed by atoms with Gasteiger partial charge in [0.25, 0.3) is 11.8 Å². The summed E-state index contributed by atoms with van der Waals surface area (Å²) in [4.78, 5) is 58.9. The first-order chi connectivity index (χ1) is 20.0. The van der Waals surface area contributed by atoms with Gasteiger partial charge < -0.3 is 25.6 Å². The summed E-state index contributed by atoms with van der Waals surface area (Å²) in [6, 6.07) is 13.3. The number of carbonyl (C=O) groups excluding carboxylic acids is 4. The highest BCUT2D eigenvalue weighted by Crippen LogP contribution is 2.23. The van der Waals surface area contributed by atoms with Crippen molar-refractivity contribution < 1.29 is 23.9 Å². The lowest BCUT2D eigenvalue weighted by Gasteiger charge is -2.22. The first-order valence-electron chi connectivity index (χ1n) is 13.5. The summed E-state index contributed by atoms with van der Waals surface area (Å²) in [7, 11) is 0. The number of anilines is 2. The lowest BCUT2D eigenvalue weighted by molar-refractivity contribution is -0.117. The molecule has 0 saturated heterocycles. The molecule has 11 nitrogen and oxygen atoms in total. The van der Waals surface area contributed by atoms with Crippen molar-refractivity contribution in [1.29, 1.82) is 0 Å². The topological polar surface area (TPSA) is 143 Å². The van der Waals surface area contributed by atoms with E-state index in [-0.39, 0.29) is 11.8 Å². The average Bonchev–Trinajstić information content (AvgIpc) is 2.96. The van der Waals surface area contributed by atoms with E-state index in [1.54, 1.807) is 74.2 Å².